The van der Waals surface area contributed by atoms with E-state index in [1.807, 2.05) is 44.2 Å². The Bertz CT molecular complexity index is 966. The Morgan fingerprint density at radius 1 is 1.19 bits per heavy atom. The summed E-state index contributed by atoms with van der Waals surface area (Å²) in [5.74, 6) is 0.456. The average molecular weight is 385 g/mol. The van der Waals surface area contributed by atoms with Gasteiger partial charge in [-0.05, 0) is 49.7 Å². The average Bonchev–Trinajstić information content (AvgIpc) is 2.66. The van der Waals surface area contributed by atoms with Gasteiger partial charge in [-0.15, -0.1) is 0 Å². The zero-order valence-electron chi connectivity index (χ0n) is 14.8. The van der Waals surface area contributed by atoms with Crippen molar-refractivity contribution >= 4 is 28.8 Å². The highest BCUT2D eigenvalue weighted by molar-refractivity contribution is 6.31. The molecule has 0 N–H and O–H groups in total. The van der Waals surface area contributed by atoms with Gasteiger partial charge in [0.25, 0.3) is 0 Å². The first-order valence-corrected chi connectivity index (χ1v) is 8.65. The minimum atomic E-state index is -0.529. The highest BCUT2D eigenvalue weighted by Crippen LogP contribution is 2.39. The lowest BCUT2D eigenvalue weighted by Crippen LogP contribution is -2.19. The molecule has 0 saturated heterocycles. The molecule has 0 unspecified atom stereocenters. The molecule has 0 spiro atoms. The van der Waals surface area contributed by atoms with E-state index in [1.54, 1.807) is 23.1 Å². The lowest BCUT2D eigenvalue weighted by Gasteiger charge is -2.22. The van der Waals surface area contributed by atoms with Crippen molar-refractivity contribution in [2.24, 2.45) is 0 Å². The number of nitrogens with zero attached hydrogens (tertiary/aromatic N) is 4. The number of hydrogen-bond donors (Lipinski definition) is 0. The first-order chi connectivity index (χ1) is 13.0. The van der Waals surface area contributed by atoms with Crippen LogP contribution in [0.2, 0.25) is 5.02 Å². The smallest absolute Gasteiger partial charge is 0.373 e. The van der Waals surface area contributed by atoms with E-state index >= 15 is 0 Å². The number of halogens is 1. The van der Waals surface area contributed by atoms with Gasteiger partial charge >= 0.3 is 11.6 Å². The fourth-order valence-corrected chi connectivity index (χ4v) is 2.76. The maximum absolute atomic E-state index is 11.8. The molecule has 0 radical (unpaired) electrons. The predicted molar refractivity (Wildman–Crippen MR) is 104 cm³/mol. The van der Waals surface area contributed by atoms with Crippen LogP contribution < -0.4 is 9.64 Å². The van der Waals surface area contributed by atoms with Crippen LogP contribution in [0, 0.1) is 17.0 Å². The van der Waals surface area contributed by atoms with Crippen LogP contribution in [0.3, 0.4) is 0 Å². The third-order valence-corrected chi connectivity index (χ3v) is 4.36. The Hall–Kier alpha value is -3.19. The fourth-order valence-electron chi connectivity index (χ4n) is 2.64. The van der Waals surface area contributed by atoms with E-state index in [0.29, 0.717) is 17.3 Å². The molecule has 0 atom stereocenters. The monoisotopic (exact) mass is 384 g/mol. The largest absolute Gasteiger partial charge is 0.434 e. The lowest BCUT2D eigenvalue weighted by atomic mass is 10.2. The molecule has 3 aromatic rings. The van der Waals surface area contributed by atoms with Crippen molar-refractivity contribution in [3.05, 3.63) is 75.6 Å². The number of aryl methyl sites for hydroxylation is 1. The molecule has 0 fully saturated rings. The Morgan fingerprint density at radius 3 is 2.56 bits per heavy atom. The van der Waals surface area contributed by atoms with Crippen LogP contribution in [0.1, 0.15) is 12.5 Å². The van der Waals surface area contributed by atoms with Crippen molar-refractivity contribution in [2.75, 3.05) is 11.4 Å². The van der Waals surface area contributed by atoms with Gasteiger partial charge in [0.15, 0.2) is 0 Å². The molecule has 0 aliphatic rings. The maximum atomic E-state index is 11.8. The van der Waals surface area contributed by atoms with E-state index in [2.05, 4.69) is 9.97 Å². The number of anilines is 2. The normalized spacial score (nSPS) is 10.5. The molecule has 1 heterocycles. The number of hydrogen-bond acceptors (Lipinski definition) is 6. The van der Waals surface area contributed by atoms with Crippen LogP contribution in [-0.4, -0.2) is 21.4 Å². The van der Waals surface area contributed by atoms with Crippen LogP contribution in [0.5, 0.6) is 11.6 Å². The van der Waals surface area contributed by atoms with Gasteiger partial charge in [-0.3, -0.25) is 10.1 Å². The molecule has 8 heteroatoms. The molecule has 2 aromatic carbocycles. The highest BCUT2D eigenvalue weighted by atomic mass is 35.5. The Balaban J connectivity index is 2.07. The van der Waals surface area contributed by atoms with Crippen LogP contribution in [0.4, 0.5) is 17.2 Å². The van der Waals surface area contributed by atoms with E-state index in [0.717, 1.165) is 11.3 Å². The molecular formula is C19H17ClN4O3. The topological polar surface area (TPSA) is 81.4 Å². The zero-order chi connectivity index (χ0) is 19.4. The first-order valence-electron chi connectivity index (χ1n) is 8.27. The predicted octanol–water partition coefficient (Wildman–Crippen LogP) is 5.30. The summed E-state index contributed by atoms with van der Waals surface area (Å²) in [5.41, 5.74) is 1.29. The molecule has 0 aliphatic carbocycles. The second-order valence-electron chi connectivity index (χ2n) is 5.70. The van der Waals surface area contributed by atoms with E-state index in [-0.39, 0.29) is 17.4 Å². The van der Waals surface area contributed by atoms with Gasteiger partial charge < -0.3 is 9.64 Å². The van der Waals surface area contributed by atoms with Crippen LogP contribution >= 0.6 is 11.6 Å². The lowest BCUT2D eigenvalue weighted by molar-refractivity contribution is -0.385. The first kappa shape index (κ1) is 18.6. The van der Waals surface area contributed by atoms with E-state index in [9.17, 15) is 10.1 Å². The van der Waals surface area contributed by atoms with E-state index in [1.165, 1.54) is 6.33 Å². The summed E-state index contributed by atoms with van der Waals surface area (Å²) >= 11 is 6.02. The summed E-state index contributed by atoms with van der Waals surface area (Å²) in [5, 5.41) is 12.4. The van der Waals surface area contributed by atoms with E-state index in [4.69, 9.17) is 16.3 Å². The minimum absolute atomic E-state index is 0.124. The number of benzene rings is 2. The molecule has 0 amide bonds. The van der Waals surface area contributed by atoms with Gasteiger partial charge in [-0.2, -0.15) is 4.98 Å². The van der Waals surface area contributed by atoms with Gasteiger partial charge in [0.2, 0.25) is 5.82 Å². The van der Waals surface area contributed by atoms with E-state index < -0.39 is 4.92 Å². The highest BCUT2D eigenvalue weighted by Gasteiger charge is 2.29. The molecule has 7 nitrogen and oxygen atoms in total. The quantitative estimate of drug-likeness (QED) is 0.424. The van der Waals surface area contributed by atoms with Crippen molar-refractivity contribution in [3.8, 4) is 11.6 Å². The number of ether oxygens (including phenoxy) is 1. The molecule has 3 rings (SSSR count). The SMILES string of the molecule is CCN(c1ccccc1)c1ncnc(Oc2ccc(Cl)c(C)c2)c1[N+](=O)[O-]. The summed E-state index contributed by atoms with van der Waals surface area (Å²) in [7, 11) is 0. The summed E-state index contributed by atoms with van der Waals surface area (Å²) in [6.07, 6.45) is 1.26. The summed E-state index contributed by atoms with van der Waals surface area (Å²) in [6.45, 7) is 4.20. The molecule has 0 bridgehead atoms. The van der Waals surface area contributed by atoms with Gasteiger partial charge in [0.05, 0.1) is 4.92 Å². The van der Waals surface area contributed by atoms with Gasteiger partial charge in [0.1, 0.15) is 12.1 Å². The maximum Gasteiger partial charge on any atom is 0.373 e. The zero-order valence-corrected chi connectivity index (χ0v) is 15.6. The van der Waals surface area contributed by atoms with Crippen LogP contribution in [0.25, 0.3) is 0 Å². The third kappa shape index (κ3) is 3.98. The third-order valence-electron chi connectivity index (χ3n) is 3.94. The van der Waals surface area contributed by atoms with Crippen LogP contribution in [-0.2, 0) is 0 Å². The fraction of sp³-hybridized carbons (Fsp3) is 0.158. The summed E-state index contributed by atoms with van der Waals surface area (Å²) < 4.78 is 5.70. The molecule has 138 valence electrons. The Kier molecular flexibility index (Phi) is 5.52. The number of para-hydroxylation sites is 1. The van der Waals surface area contributed by atoms with Crippen molar-refractivity contribution < 1.29 is 9.66 Å². The molecule has 27 heavy (non-hydrogen) atoms. The Morgan fingerprint density at radius 2 is 1.93 bits per heavy atom. The number of rotatable bonds is 6. The van der Waals surface area contributed by atoms with Gasteiger partial charge in [0, 0.05) is 17.3 Å². The second kappa shape index (κ2) is 8.01. The van der Waals surface area contributed by atoms with Crippen molar-refractivity contribution in [3.63, 3.8) is 0 Å². The van der Waals surface area contributed by atoms with Gasteiger partial charge in [-0.25, -0.2) is 4.98 Å². The molecule has 0 aliphatic heterocycles. The summed E-state index contributed by atoms with van der Waals surface area (Å²) in [4.78, 5) is 21.1. The van der Waals surface area contributed by atoms with Gasteiger partial charge in [-0.1, -0.05) is 29.8 Å². The van der Waals surface area contributed by atoms with Crippen LogP contribution in [0.15, 0.2) is 54.9 Å². The minimum Gasteiger partial charge on any atom is -0.434 e. The molecular weight excluding hydrogens is 368 g/mol. The standard InChI is InChI=1S/C19H17ClN4O3/c1-3-23(14-7-5-4-6-8-14)18-17(24(25)26)19(22-12-21-18)27-15-9-10-16(20)13(2)11-15/h4-12H,3H2,1-2H3. The van der Waals surface area contributed by atoms with Crippen molar-refractivity contribution in [1.29, 1.82) is 0 Å². The number of nitro groups is 1. The number of aromatic nitrogens is 2. The molecule has 0 saturated carbocycles. The van der Waals surface area contributed by atoms with Crippen molar-refractivity contribution in [2.45, 2.75) is 13.8 Å². The molecule has 1 aromatic heterocycles. The Labute approximate surface area is 161 Å². The summed E-state index contributed by atoms with van der Waals surface area (Å²) in [6, 6.07) is 14.3. The second-order valence-corrected chi connectivity index (χ2v) is 6.11. The van der Waals surface area contributed by atoms with Crippen molar-refractivity contribution in [1.82, 2.24) is 9.97 Å².